The van der Waals surface area contributed by atoms with Gasteiger partial charge in [-0.3, -0.25) is 9.69 Å². The van der Waals surface area contributed by atoms with Gasteiger partial charge in [0.2, 0.25) is 0 Å². The van der Waals surface area contributed by atoms with E-state index in [1.807, 2.05) is 31.2 Å². The van der Waals surface area contributed by atoms with Gasteiger partial charge in [-0.1, -0.05) is 45.0 Å². The molecular weight excluding hydrogens is 210 g/mol. The summed E-state index contributed by atoms with van der Waals surface area (Å²) in [6, 6.07) is 7.95. The molecule has 0 amide bonds. The Morgan fingerprint density at radius 1 is 1.12 bits per heavy atom. The van der Waals surface area contributed by atoms with Crippen LogP contribution in [-0.2, 0) is 6.42 Å². The van der Waals surface area contributed by atoms with Gasteiger partial charge in [0.05, 0.1) is 6.04 Å². The number of ketones is 1. The summed E-state index contributed by atoms with van der Waals surface area (Å²) >= 11 is 0. The first-order valence-corrected chi connectivity index (χ1v) is 6.51. The molecule has 2 nitrogen and oxygen atoms in total. The number of Topliss-reactive ketones (excluding diaryl/α,β-unsaturated/α-hetero) is 1. The fourth-order valence-electron chi connectivity index (χ4n) is 2.08. The van der Waals surface area contributed by atoms with E-state index in [1.165, 1.54) is 5.56 Å². The number of hydrogen-bond acceptors (Lipinski definition) is 2. The van der Waals surface area contributed by atoms with E-state index in [0.717, 1.165) is 25.1 Å². The van der Waals surface area contributed by atoms with E-state index in [0.29, 0.717) is 0 Å². The zero-order valence-corrected chi connectivity index (χ0v) is 11.4. The molecule has 0 aliphatic rings. The number of rotatable bonds is 6. The Hall–Kier alpha value is -1.15. The number of carbonyl (C=O) groups excluding carboxylic acids is 1. The summed E-state index contributed by atoms with van der Waals surface area (Å²) in [4.78, 5) is 14.4. The molecular formula is C15H23NO. The maximum atomic E-state index is 12.3. The van der Waals surface area contributed by atoms with E-state index in [1.54, 1.807) is 0 Å². The lowest BCUT2D eigenvalue weighted by Crippen LogP contribution is -2.38. The van der Waals surface area contributed by atoms with Crippen LogP contribution < -0.4 is 0 Å². The molecule has 0 fully saturated rings. The number of carbonyl (C=O) groups is 1. The van der Waals surface area contributed by atoms with Crippen LogP contribution in [-0.4, -0.2) is 29.8 Å². The second-order valence-corrected chi connectivity index (χ2v) is 4.31. The van der Waals surface area contributed by atoms with Crippen LogP contribution in [0.3, 0.4) is 0 Å². The molecule has 0 aromatic heterocycles. The van der Waals surface area contributed by atoms with Gasteiger partial charge in [-0.25, -0.2) is 0 Å². The van der Waals surface area contributed by atoms with Gasteiger partial charge in [-0.2, -0.15) is 0 Å². The van der Waals surface area contributed by atoms with E-state index >= 15 is 0 Å². The normalized spacial score (nSPS) is 12.8. The average Bonchev–Trinajstić information content (AvgIpc) is 2.39. The van der Waals surface area contributed by atoms with E-state index in [2.05, 4.69) is 25.7 Å². The van der Waals surface area contributed by atoms with Crippen LogP contribution in [0.25, 0.3) is 0 Å². The largest absolute Gasteiger partial charge is 0.294 e. The van der Waals surface area contributed by atoms with E-state index < -0.39 is 0 Å². The zero-order chi connectivity index (χ0) is 12.8. The molecule has 0 heterocycles. The first-order valence-electron chi connectivity index (χ1n) is 6.51. The minimum atomic E-state index is -0.0301. The van der Waals surface area contributed by atoms with Crippen LogP contribution in [0.15, 0.2) is 24.3 Å². The zero-order valence-electron chi connectivity index (χ0n) is 11.4. The third-order valence-corrected chi connectivity index (χ3v) is 3.39. The Bertz CT molecular complexity index is 352. The third-order valence-electron chi connectivity index (χ3n) is 3.39. The minimum absolute atomic E-state index is 0.0301. The van der Waals surface area contributed by atoms with Gasteiger partial charge in [-0.05, 0) is 32.0 Å². The molecule has 0 saturated carbocycles. The predicted molar refractivity (Wildman–Crippen MR) is 72.5 cm³/mol. The van der Waals surface area contributed by atoms with Gasteiger partial charge in [0.15, 0.2) is 5.78 Å². The molecule has 0 aliphatic carbocycles. The van der Waals surface area contributed by atoms with Gasteiger partial charge in [0.1, 0.15) is 0 Å². The highest BCUT2D eigenvalue weighted by molar-refractivity contribution is 5.99. The molecule has 0 N–H and O–H groups in total. The maximum absolute atomic E-state index is 12.3. The van der Waals surface area contributed by atoms with Crippen molar-refractivity contribution in [3.8, 4) is 0 Å². The van der Waals surface area contributed by atoms with Crippen molar-refractivity contribution in [1.82, 2.24) is 4.90 Å². The van der Waals surface area contributed by atoms with Crippen LogP contribution in [0.1, 0.15) is 43.6 Å². The van der Waals surface area contributed by atoms with Crippen LogP contribution in [0.2, 0.25) is 0 Å². The van der Waals surface area contributed by atoms with Crippen LogP contribution in [0, 0.1) is 0 Å². The fourth-order valence-corrected chi connectivity index (χ4v) is 2.08. The average molecular weight is 233 g/mol. The lowest BCUT2D eigenvalue weighted by Gasteiger charge is -2.25. The molecule has 0 radical (unpaired) electrons. The highest BCUT2D eigenvalue weighted by Gasteiger charge is 2.19. The number of benzene rings is 1. The number of nitrogens with zero attached hydrogens (tertiary/aromatic N) is 1. The summed E-state index contributed by atoms with van der Waals surface area (Å²) in [7, 11) is 0. The van der Waals surface area contributed by atoms with Crippen molar-refractivity contribution in [2.75, 3.05) is 13.1 Å². The molecule has 17 heavy (non-hydrogen) atoms. The summed E-state index contributed by atoms with van der Waals surface area (Å²) in [5.41, 5.74) is 2.10. The van der Waals surface area contributed by atoms with Crippen molar-refractivity contribution in [3.05, 3.63) is 35.4 Å². The molecule has 94 valence electrons. The molecule has 0 spiro atoms. The molecule has 1 aromatic rings. The Labute approximate surface area is 105 Å². The quantitative estimate of drug-likeness (QED) is 0.703. The van der Waals surface area contributed by atoms with Gasteiger partial charge in [0, 0.05) is 5.56 Å². The molecule has 0 aliphatic heterocycles. The molecule has 1 rings (SSSR count). The van der Waals surface area contributed by atoms with Crippen LogP contribution in [0.5, 0.6) is 0 Å². The van der Waals surface area contributed by atoms with Gasteiger partial charge in [-0.15, -0.1) is 0 Å². The standard InChI is InChI=1S/C15H23NO/c1-5-13-8-10-14(11-9-13)15(17)12(4)16(6-2)7-3/h8-12H,5-7H2,1-4H3. The van der Waals surface area contributed by atoms with Crippen molar-refractivity contribution in [2.24, 2.45) is 0 Å². The summed E-state index contributed by atoms with van der Waals surface area (Å²) in [6.45, 7) is 10.1. The first-order chi connectivity index (χ1) is 8.13. The topological polar surface area (TPSA) is 20.3 Å². The monoisotopic (exact) mass is 233 g/mol. The van der Waals surface area contributed by atoms with Crippen LogP contribution in [0.4, 0.5) is 0 Å². The Kier molecular flexibility index (Phi) is 5.36. The predicted octanol–water partition coefficient (Wildman–Crippen LogP) is 3.16. The molecule has 1 unspecified atom stereocenters. The van der Waals surface area contributed by atoms with E-state index in [-0.39, 0.29) is 11.8 Å². The van der Waals surface area contributed by atoms with Crippen LogP contribution >= 0.6 is 0 Å². The summed E-state index contributed by atoms with van der Waals surface area (Å²) in [5.74, 6) is 0.219. The molecule has 0 bridgehead atoms. The van der Waals surface area contributed by atoms with E-state index in [4.69, 9.17) is 0 Å². The van der Waals surface area contributed by atoms with Crippen molar-refractivity contribution in [1.29, 1.82) is 0 Å². The Morgan fingerprint density at radius 3 is 2.06 bits per heavy atom. The molecule has 1 aromatic carbocycles. The molecule has 0 saturated heterocycles. The van der Waals surface area contributed by atoms with Gasteiger partial charge < -0.3 is 0 Å². The first kappa shape index (κ1) is 13.9. The lowest BCUT2D eigenvalue weighted by atomic mass is 10.0. The van der Waals surface area contributed by atoms with Crippen molar-refractivity contribution in [2.45, 2.75) is 40.2 Å². The second kappa shape index (κ2) is 6.55. The SMILES string of the molecule is CCc1ccc(C(=O)C(C)N(CC)CC)cc1. The molecule has 2 heteroatoms. The second-order valence-electron chi connectivity index (χ2n) is 4.31. The Morgan fingerprint density at radius 2 is 1.65 bits per heavy atom. The van der Waals surface area contributed by atoms with Gasteiger partial charge >= 0.3 is 0 Å². The smallest absolute Gasteiger partial charge is 0.179 e. The number of hydrogen-bond donors (Lipinski definition) is 0. The number of aryl methyl sites for hydroxylation is 1. The summed E-state index contributed by atoms with van der Waals surface area (Å²) < 4.78 is 0. The highest BCUT2D eigenvalue weighted by Crippen LogP contribution is 2.11. The number of likely N-dealkylation sites (N-methyl/N-ethyl adjacent to an activating group) is 1. The maximum Gasteiger partial charge on any atom is 0.179 e. The molecule has 1 atom stereocenters. The van der Waals surface area contributed by atoms with Crippen molar-refractivity contribution >= 4 is 5.78 Å². The third kappa shape index (κ3) is 3.40. The van der Waals surface area contributed by atoms with Crippen molar-refractivity contribution in [3.63, 3.8) is 0 Å². The van der Waals surface area contributed by atoms with Crippen molar-refractivity contribution < 1.29 is 4.79 Å². The highest BCUT2D eigenvalue weighted by atomic mass is 16.1. The fraction of sp³-hybridized carbons (Fsp3) is 0.533. The minimum Gasteiger partial charge on any atom is -0.294 e. The van der Waals surface area contributed by atoms with E-state index in [9.17, 15) is 4.79 Å². The summed E-state index contributed by atoms with van der Waals surface area (Å²) in [6.07, 6.45) is 1.01. The summed E-state index contributed by atoms with van der Waals surface area (Å²) in [5, 5.41) is 0. The Balaban J connectivity index is 2.80. The van der Waals surface area contributed by atoms with Gasteiger partial charge in [0.25, 0.3) is 0 Å². The lowest BCUT2D eigenvalue weighted by molar-refractivity contribution is 0.0851.